The summed E-state index contributed by atoms with van der Waals surface area (Å²) in [4.78, 5) is 21.0. The van der Waals surface area contributed by atoms with Gasteiger partial charge < -0.3 is 14.4 Å². The van der Waals surface area contributed by atoms with Gasteiger partial charge in [0, 0.05) is 0 Å². The summed E-state index contributed by atoms with van der Waals surface area (Å²) < 4.78 is 10.5. The van der Waals surface area contributed by atoms with Crippen molar-refractivity contribution in [3.8, 4) is 0 Å². The van der Waals surface area contributed by atoms with Crippen LogP contribution in [0.2, 0.25) is 0 Å². The van der Waals surface area contributed by atoms with E-state index in [-0.39, 0.29) is 0 Å². The Balaban J connectivity index is 4.25. The van der Waals surface area contributed by atoms with Crippen molar-refractivity contribution < 1.29 is 14.4 Å². The Morgan fingerprint density at radius 2 is 1.80 bits per heavy atom. The fourth-order valence-electron chi connectivity index (χ4n) is 0.749. The minimum Gasteiger partial charge on any atom is -0.810 e. The molecule has 0 aromatic heterocycles. The standard InChI is InChI=1S/C6H15O3P/c1-4-5-6(2,3)10(7,8)9/h4-5H2,1-3H3,(H2,7,8,9)/p-2. The molecule has 0 aromatic carbocycles. The zero-order chi connectivity index (χ0) is 8.41. The molecule has 62 valence electrons. The molecule has 0 spiro atoms. The molecule has 0 aliphatic carbocycles. The van der Waals surface area contributed by atoms with E-state index >= 15 is 0 Å². The molecule has 0 bridgehead atoms. The first-order valence-corrected chi connectivity index (χ1v) is 4.87. The zero-order valence-corrected chi connectivity index (χ0v) is 7.48. The van der Waals surface area contributed by atoms with E-state index in [1.54, 1.807) is 0 Å². The highest BCUT2D eigenvalue weighted by Gasteiger charge is 2.20. The summed E-state index contributed by atoms with van der Waals surface area (Å²) in [5.74, 6) is 0. The topological polar surface area (TPSA) is 63.2 Å². The van der Waals surface area contributed by atoms with Crippen LogP contribution >= 0.6 is 7.60 Å². The molecule has 0 amide bonds. The fraction of sp³-hybridized carbons (Fsp3) is 1.00. The summed E-state index contributed by atoms with van der Waals surface area (Å²) in [5, 5.41) is -1.07. The monoisotopic (exact) mass is 164 g/mol. The SMILES string of the molecule is CCCC(C)(C)P(=O)([O-])[O-]. The minimum absolute atomic E-state index is 0.442. The molecule has 3 nitrogen and oxygen atoms in total. The first-order valence-electron chi connectivity index (χ1n) is 3.33. The van der Waals surface area contributed by atoms with Gasteiger partial charge in [0.1, 0.15) is 0 Å². The molecule has 0 fully saturated rings. The third-order valence-electron chi connectivity index (χ3n) is 1.60. The Labute approximate surface area is 61.6 Å². The predicted octanol–water partition coefficient (Wildman–Crippen LogP) is 0.479. The van der Waals surface area contributed by atoms with Gasteiger partial charge in [-0.3, -0.25) is 0 Å². The molecule has 0 saturated heterocycles. The molecule has 10 heavy (non-hydrogen) atoms. The highest BCUT2D eigenvalue weighted by molar-refractivity contribution is 7.50. The molecule has 0 N–H and O–H groups in total. The van der Waals surface area contributed by atoms with Crippen molar-refractivity contribution in [3.05, 3.63) is 0 Å². The van der Waals surface area contributed by atoms with Crippen LogP contribution in [0, 0.1) is 0 Å². The largest absolute Gasteiger partial charge is 0.810 e. The summed E-state index contributed by atoms with van der Waals surface area (Å²) in [5.41, 5.74) is 0. The minimum atomic E-state index is -4.39. The lowest BCUT2D eigenvalue weighted by atomic mass is 10.1. The van der Waals surface area contributed by atoms with E-state index in [4.69, 9.17) is 0 Å². The zero-order valence-electron chi connectivity index (χ0n) is 6.59. The third-order valence-corrected chi connectivity index (χ3v) is 3.31. The smallest absolute Gasteiger partial charge is 0.00762 e. The molecule has 0 aromatic rings. The lowest BCUT2D eigenvalue weighted by molar-refractivity contribution is -0.320. The van der Waals surface area contributed by atoms with Gasteiger partial charge in [-0.15, -0.1) is 0 Å². The third kappa shape index (κ3) is 2.41. The Hall–Kier alpha value is 0.150. The molecule has 0 radical (unpaired) electrons. The Kier molecular flexibility index (Phi) is 3.08. The molecule has 0 rings (SSSR count). The first kappa shape index (κ1) is 10.2. The Morgan fingerprint density at radius 3 is 1.90 bits per heavy atom. The van der Waals surface area contributed by atoms with Crippen molar-refractivity contribution in [2.45, 2.75) is 38.8 Å². The summed E-state index contributed by atoms with van der Waals surface area (Å²) in [6.45, 7) is 4.80. The van der Waals surface area contributed by atoms with Crippen LogP contribution in [0.5, 0.6) is 0 Å². The van der Waals surface area contributed by atoms with Gasteiger partial charge in [-0.25, -0.2) is 0 Å². The van der Waals surface area contributed by atoms with Gasteiger partial charge in [0.25, 0.3) is 0 Å². The van der Waals surface area contributed by atoms with Gasteiger partial charge in [0.05, 0.1) is 0 Å². The second-order valence-electron chi connectivity index (χ2n) is 3.06. The molecule has 0 saturated carbocycles. The second kappa shape index (κ2) is 3.04. The van der Waals surface area contributed by atoms with Crippen LogP contribution in [0.3, 0.4) is 0 Å². The van der Waals surface area contributed by atoms with Crippen LogP contribution in [0.25, 0.3) is 0 Å². The van der Waals surface area contributed by atoms with Crippen LogP contribution in [-0.4, -0.2) is 5.16 Å². The molecule has 4 heteroatoms. The van der Waals surface area contributed by atoms with Crippen LogP contribution < -0.4 is 9.79 Å². The molecule has 0 heterocycles. The number of hydrogen-bond acceptors (Lipinski definition) is 3. The van der Waals surface area contributed by atoms with Crippen molar-refractivity contribution in [2.75, 3.05) is 0 Å². The van der Waals surface area contributed by atoms with Gasteiger partial charge in [-0.1, -0.05) is 34.8 Å². The summed E-state index contributed by atoms with van der Waals surface area (Å²) >= 11 is 0. The summed E-state index contributed by atoms with van der Waals surface area (Å²) in [7, 11) is -4.39. The van der Waals surface area contributed by atoms with E-state index in [0.717, 1.165) is 6.42 Å². The summed E-state index contributed by atoms with van der Waals surface area (Å²) in [6, 6.07) is 0. The quantitative estimate of drug-likeness (QED) is 0.570. The average molecular weight is 164 g/mol. The second-order valence-corrected chi connectivity index (χ2v) is 5.27. The summed E-state index contributed by atoms with van der Waals surface area (Å²) in [6.07, 6.45) is 1.17. The maximum absolute atomic E-state index is 10.5. The first-order chi connectivity index (χ1) is 4.31. The van der Waals surface area contributed by atoms with Crippen molar-refractivity contribution in [2.24, 2.45) is 0 Å². The maximum Gasteiger partial charge on any atom is -0.00762 e. The maximum atomic E-state index is 10.5. The van der Waals surface area contributed by atoms with E-state index < -0.39 is 12.8 Å². The molecule has 0 atom stereocenters. The van der Waals surface area contributed by atoms with Crippen molar-refractivity contribution in [1.29, 1.82) is 0 Å². The highest BCUT2D eigenvalue weighted by Crippen LogP contribution is 2.44. The fourth-order valence-corrected chi connectivity index (χ4v) is 1.25. The molecule has 0 aliphatic heterocycles. The van der Waals surface area contributed by atoms with Crippen molar-refractivity contribution >= 4 is 7.60 Å². The van der Waals surface area contributed by atoms with E-state index in [1.165, 1.54) is 13.8 Å². The normalized spacial score (nSPS) is 13.7. The van der Waals surface area contributed by atoms with E-state index in [0.29, 0.717) is 6.42 Å². The highest BCUT2D eigenvalue weighted by atomic mass is 31.2. The number of hydrogen-bond donors (Lipinski definition) is 0. The van der Waals surface area contributed by atoms with Crippen LogP contribution in [-0.2, 0) is 4.57 Å². The lowest BCUT2D eigenvalue weighted by Crippen LogP contribution is -2.33. The van der Waals surface area contributed by atoms with Gasteiger partial charge in [0.2, 0.25) is 0 Å². The molecule has 0 unspecified atom stereocenters. The Morgan fingerprint density at radius 1 is 1.40 bits per heavy atom. The Bertz CT molecular complexity index is 147. The predicted molar refractivity (Wildman–Crippen MR) is 36.6 cm³/mol. The van der Waals surface area contributed by atoms with Gasteiger partial charge in [0.15, 0.2) is 0 Å². The van der Waals surface area contributed by atoms with Crippen LogP contribution in [0.1, 0.15) is 33.6 Å². The number of rotatable bonds is 3. The van der Waals surface area contributed by atoms with Crippen molar-refractivity contribution in [1.82, 2.24) is 0 Å². The van der Waals surface area contributed by atoms with E-state index in [9.17, 15) is 14.4 Å². The average Bonchev–Trinajstić information content (AvgIpc) is 1.61. The van der Waals surface area contributed by atoms with E-state index in [2.05, 4.69) is 0 Å². The van der Waals surface area contributed by atoms with Crippen molar-refractivity contribution in [3.63, 3.8) is 0 Å². The van der Waals surface area contributed by atoms with Gasteiger partial charge in [-0.05, 0) is 11.6 Å². The molecule has 0 aliphatic rings. The van der Waals surface area contributed by atoms with Gasteiger partial charge >= 0.3 is 0 Å². The lowest BCUT2D eigenvalue weighted by Gasteiger charge is -2.45. The van der Waals surface area contributed by atoms with Crippen LogP contribution in [0.15, 0.2) is 0 Å². The van der Waals surface area contributed by atoms with Gasteiger partial charge in [-0.2, -0.15) is 0 Å². The van der Waals surface area contributed by atoms with E-state index in [1.807, 2.05) is 6.92 Å². The molecular formula is C6H13O3P-2. The van der Waals surface area contributed by atoms with Crippen LogP contribution in [0.4, 0.5) is 0 Å². The molecular weight excluding hydrogens is 151 g/mol.